The maximum absolute atomic E-state index is 12.7. The molecule has 0 aliphatic carbocycles. The number of halogens is 1. The van der Waals surface area contributed by atoms with Gasteiger partial charge in [-0.15, -0.1) is 0 Å². The highest BCUT2D eigenvalue weighted by molar-refractivity contribution is 8.00. The van der Waals surface area contributed by atoms with Crippen molar-refractivity contribution < 1.29 is 17.4 Å². The number of carbonyl (C=O) groups excluding carboxylic acids is 1. The molecule has 0 spiro atoms. The number of nitrogens with zero attached hydrogens (tertiary/aromatic N) is 3. The Morgan fingerprint density at radius 3 is 2.42 bits per heavy atom. The van der Waals surface area contributed by atoms with Crippen molar-refractivity contribution in [2.24, 2.45) is 5.41 Å². The topological polar surface area (TPSA) is 147 Å². The van der Waals surface area contributed by atoms with Crippen LogP contribution in [0.15, 0.2) is 29.3 Å². The quantitative estimate of drug-likeness (QED) is 0.445. The fourth-order valence-electron chi connectivity index (χ4n) is 2.50. The van der Waals surface area contributed by atoms with Gasteiger partial charge in [0.15, 0.2) is 5.78 Å². The number of anilines is 1. The van der Waals surface area contributed by atoms with Crippen LogP contribution < -0.4 is 5.73 Å². The van der Waals surface area contributed by atoms with Gasteiger partial charge in [0.1, 0.15) is 28.5 Å². The highest BCUT2D eigenvalue weighted by Crippen LogP contribution is 2.39. The average molecular weight is 479 g/mol. The summed E-state index contributed by atoms with van der Waals surface area (Å²) in [5.74, 6) is -0.519. The van der Waals surface area contributed by atoms with Crippen molar-refractivity contribution in [3.05, 3.63) is 40.4 Å². The molecule has 0 radical (unpaired) electrons. The van der Waals surface area contributed by atoms with Crippen molar-refractivity contribution in [3.8, 4) is 23.3 Å². The highest BCUT2D eigenvalue weighted by Gasteiger charge is 2.30. The summed E-state index contributed by atoms with van der Waals surface area (Å²) in [5.41, 5.74) is 5.65. The Balaban J connectivity index is 2.43. The molecule has 31 heavy (non-hydrogen) atoms. The SMILES string of the molecule is CC(C)(COS(C)(=O)=O)C(=O)CSc1nc(N)c(C#N)c(-c2ccccc2Cl)c1C#N. The number of hydrogen-bond acceptors (Lipinski definition) is 9. The van der Waals surface area contributed by atoms with Crippen molar-refractivity contribution in [2.45, 2.75) is 18.9 Å². The number of benzene rings is 1. The number of hydrogen-bond donors (Lipinski definition) is 1. The number of pyridine rings is 1. The summed E-state index contributed by atoms with van der Waals surface area (Å²) in [6.45, 7) is 2.80. The standard InChI is InChI=1S/C20H19ClN4O4S2/c1-20(2,11-29-31(3,27)28)16(26)10-30-19-14(9-23)17(13(8-22)18(24)25-19)12-6-4-5-7-15(12)21/h4-7H,10-11H2,1-3H3,(H2,24,25). The Labute approximate surface area is 190 Å². The van der Waals surface area contributed by atoms with Crippen LogP contribution in [0.3, 0.4) is 0 Å². The molecule has 162 valence electrons. The zero-order valence-electron chi connectivity index (χ0n) is 17.0. The van der Waals surface area contributed by atoms with Crippen LogP contribution in [0.25, 0.3) is 11.1 Å². The molecule has 8 nitrogen and oxygen atoms in total. The van der Waals surface area contributed by atoms with Crippen LogP contribution in [0.2, 0.25) is 5.02 Å². The van der Waals surface area contributed by atoms with E-state index >= 15 is 0 Å². The molecule has 2 rings (SSSR count). The third-order valence-corrected chi connectivity index (χ3v) is 6.14. The first-order valence-corrected chi connectivity index (χ1v) is 12.0. The first kappa shape index (κ1) is 24.6. The van der Waals surface area contributed by atoms with E-state index in [1.807, 2.05) is 12.1 Å². The summed E-state index contributed by atoms with van der Waals surface area (Å²) in [6, 6.07) is 10.7. The third-order valence-electron chi connectivity index (χ3n) is 4.29. The molecular formula is C20H19ClN4O4S2. The third kappa shape index (κ3) is 5.96. The fourth-order valence-corrected chi connectivity index (χ4v) is 4.35. The van der Waals surface area contributed by atoms with E-state index in [1.54, 1.807) is 38.1 Å². The summed E-state index contributed by atoms with van der Waals surface area (Å²) in [5, 5.41) is 19.9. The van der Waals surface area contributed by atoms with Crippen molar-refractivity contribution >= 4 is 45.1 Å². The Hall–Kier alpha value is -2.63. The first-order chi connectivity index (χ1) is 14.4. The lowest BCUT2D eigenvalue weighted by molar-refractivity contribution is -0.125. The van der Waals surface area contributed by atoms with Gasteiger partial charge in [0.2, 0.25) is 0 Å². The lowest BCUT2D eigenvalue weighted by Crippen LogP contribution is -2.32. The van der Waals surface area contributed by atoms with Gasteiger partial charge in [-0.1, -0.05) is 55.4 Å². The summed E-state index contributed by atoms with van der Waals surface area (Å²) >= 11 is 7.24. The number of aromatic nitrogens is 1. The lowest BCUT2D eigenvalue weighted by atomic mass is 9.90. The van der Waals surface area contributed by atoms with Gasteiger partial charge in [-0.3, -0.25) is 8.98 Å². The number of Topliss-reactive ketones (excluding diaryl/α,β-unsaturated/α-hetero) is 1. The smallest absolute Gasteiger partial charge is 0.264 e. The summed E-state index contributed by atoms with van der Waals surface area (Å²) < 4.78 is 27.2. The second kappa shape index (κ2) is 9.67. The van der Waals surface area contributed by atoms with Gasteiger partial charge in [-0.2, -0.15) is 18.9 Å². The van der Waals surface area contributed by atoms with E-state index in [-0.39, 0.29) is 45.7 Å². The zero-order valence-corrected chi connectivity index (χ0v) is 19.4. The number of thioether (sulfide) groups is 1. The number of nitrogens with two attached hydrogens (primary N) is 1. The Morgan fingerprint density at radius 2 is 1.87 bits per heavy atom. The number of carbonyl (C=O) groups is 1. The number of ketones is 1. The van der Waals surface area contributed by atoms with Crippen LogP contribution in [0.5, 0.6) is 0 Å². The van der Waals surface area contributed by atoms with E-state index in [0.717, 1.165) is 18.0 Å². The summed E-state index contributed by atoms with van der Waals surface area (Å²) in [6.07, 6.45) is 0.904. The Morgan fingerprint density at radius 1 is 1.26 bits per heavy atom. The molecule has 1 aromatic carbocycles. The van der Waals surface area contributed by atoms with Crippen LogP contribution in [0.4, 0.5) is 5.82 Å². The molecule has 11 heteroatoms. The number of nitrogen functional groups attached to an aromatic ring is 1. The maximum atomic E-state index is 12.7. The molecule has 0 unspecified atom stereocenters. The van der Waals surface area contributed by atoms with Gasteiger partial charge in [0.25, 0.3) is 10.1 Å². The second-order valence-corrected chi connectivity index (χ2v) is 10.2. The molecule has 2 N–H and O–H groups in total. The summed E-state index contributed by atoms with van der Waals surface area (Å²) in [4.78, 5) is 16.8. The molecule has 0 fully saturated rings. The second-order valence-electron chi connectivity index (χ2n) is 7.19. The van der Waals surface area contributed by atoms with Crippen LogP contribution in [0.1, 0.15) is 25.0 Å². The molecule has 0 saturated carbocycles. The van der Waals surface area contributed by atoms with Crippen LogP contribution in [0, 0.1) is 28.1 Å². The van der Waals surface area contributed by atoms with E-state index in [4.69, 9.17) is 21.5 Å². The van der Waals surface area contributed by atoms with Gasteiger partial charge >= 0.3 is 0 Å². The molecule has 2 aromatic rings. The van der Waals surface area contributed by atoms with Crippen LogP contribution in [-0.2, 0) is 19.1 Å². The molecule has 0 amide bonds. The van der Waals surface area contributed by atoms with Gasteiger partial charge in [0, 0.05) is 21.6 Å². The van der Waals surface area contributed by atoms with Gasteiger partial charge in [-0.05, 0) is 6.07 Å². The number of rotatable bonds is 8. The minimum absolute atomic E-state index is 0.0159. The van der Waals surface area contributed by atoms with Gasteiger partial charge in [-0.25, -0.2) is 4.98 Å². The largest absolute Gasteiger partial charge is 0.383 e. The monoisotopic (exact) mass is 478 g/mol. The predicted octanol–water partition coefficient (Wildman–Crippen LogP) is 3.39. The van der Waals surface area contributed by atoms with Gasteiger partial charge in [0.05, 0.1) is 24.2 Å². The Bertz CT molecular complexity index is 1210. The minimum Gasteiger partial charge on any atom is -0.383 e. The van der Waals surface area contributed by atoms with E-state index in [1.165, 1.54) is 0 Å². The van der Waals surface area contributed by atoms with Crippen LogP contribution >= 0.6 is 23.4 Å². The first-order valence-electron chi connectivity index (χ1n) is 8.80. The predicted molar refractivity (Wildman–Crippen MR) is 119 cm³/mol. The van der Waals surface area contributed by atoms with E-state index in [9.17, 15) is 23.7 Å². The van der Waals surface area contributed by atoms with Crippen molar-refractivity contribution in [1.82, 2.24) is 4.98 Å². The number of nitriles is 2. The van der Waals surface area contributed by atoms with E-state index in [0.29, 0.717) is 10.6 Å². The molecule has 0 atom stereocenters. The molecule has 0 aliphatic heterocycles. The van der Waals surface area contributed by atoms with Crippen molar-refractivity contribution in [3.63, 3.8) is 0 Å². The highest BCUT2D eigenvalue weighted by atomic mass is 35.5. The van der Waals surface area contributed by atoms with E-state index in [2.05, 4.69) is 4.98 Å². The lowest BCUT2D eigenvalue weighted by Gasteiger charge is -2.22. The molecule has 1 aromatic heterocycles. The molecular weight excluding hydrogens is 460 g/mol. The maximum Gasteiger partial charge on any atom is 0.264 e. The molecule has 0 bridgehead atoms. The average Bonchev–Trinajstić information content (AvgIpc) is 2.70. The zero-order chi connectivity index (χ0) is 23.4. The minimum atomic E-state index is -3.70. The molecule has 0 saturated heterocycles. The van der Waals surface area contributed by atoms with Crippen molar-refractivity contribution in [1.29, 1.82) is 10.5 Å². The normalized spacial score (nSPS) is 11.5. The van der Waals surface area contributed by atoms with E-state index < -0.39 is 15.5 Å². The van der Waals surface area contributed by atoms with Crippen molar-refractivity contribution in [2.75, 3.05) is 24.3 Å². The Kier molecular flexibility index (Phi) is 7.68. The summed E-state index contributed by atoms with van der Waals surface area (Å²) in [7, 11) is -3.70. The van der Waals surface area contributed by atoms with Gasteiger partial charge < -0.3 is 5.73 Å². The van der Waals surface area contributed by atoms with Crippen LogP contribution in [-0.4, -0.2) is 37.8 Å². The molecule has 0 aliphatic rings. The fraction of sp³-hybridized carbons (Fsp3) is 0.300. The molecule has 1 heterocycles.